The summed E-state index contributed by atoms with van der Waals surface area (Å²) >= 11 is 5.94. The van der Waals surface area contributed by atoms with Gasteiger partial charge in [0.1, 0.15) is 12.4 Å². The van der Waals surface area contributed by atoms with Crippen molar-refractivity contribution in [1.29, 1.82) is 0 Å². The van der Waals surface area contributed by atoms with Gasteiger partial charge in [0.15, 0.2) is 0 Å². The van der Waals surface area contributed by atoms with Gasteiger partial charge in [-0.15, -0.1) is 12.4 Å². The first-order valence-electron chi connectivity index (χ1n) is 10.2. The second-order valence-electron chi connectivity index (χ2n) is 7.85. The number of amides is 1. The molecule has 0 aliphatic carbocycles. The number of aryl methyl sites for hydroxylation is 1. The molecule has 0 fully saturated rings. The van der Waals surface area contributed by atoms with E-state index in [4.69, 9.17) is 16.3 Å². The molecule has 1 heterocycles. The topological polar surface area (TPSA) is 54.8 Å². The number of benzene rings is 2. The summed E-state index contributed by atoms with van der Waals surface area (Å²) in [6.07, 6.45) is 0.796. The van der Waals surface area contributed by atoms with E-state index in [1.54, 1.807) is 31.3 Å². The molecule has 1 amide bonds. The molecule has 172 valence electrons. The van der Waals surface area contributed by atoms with Crippen LogP contribution in [-0.2, 0) is 18.4 Å². The third kappa shape index (κ3) is 5.82. The number of halogens is 2. The number of hydrogen-bond acceptors (Lipinski definition) is 4. The van der Waals surface area contributed by atoms with Gasteiger partial charge < -0.3 is 19.1 Å². The molecule has 0 atom stereocenters. The lowest BCUT2D eigenvalue weighted by Gasteiger charge is -2.18. The smallest absolute Gasteiger partial charge is 0.294 e. The maximum Gasteiger partial charge on any atom is 0.294 e. The summed E-state index contributed by atoms with van der Waals surface area (Å²) in [7, 11) is 7.52. The molecule has 0 aliphatic heterocycles. The van der Waals surface area contributed by atoms with E-state index in [-0.39, 0.29) is 19.0 Å². The average Bonchev–Trinajstić information content (AvgIpc) is 3.04. The molecule has 2 aromatic carbocycles. The van der Waals surface area contributed by atoms with Crippen molar-refractivity contribution in [1.82, 2.24) is 14.4 Å². The van der Waals surface area contributed by atoms with Crippen LogP contribution in [0.15, 0.2) is 48.5 Å². The molecule has 32 heavy (non-hydrogen) atoms. The molecule has 1 aromatic heterocycles. The summed E-state index contributed by atoms with van der Waals surface area (Å²) in [6, 6.07) is 14.6. The Bertz CT molecular complexity index is 1080. The van der Waals surface area contributed by atoms with Gasteiger partial charge in [-0.05, 0) is 57.4 Å². The molecule has 0 bridgehead atoms. The van der Waals surface area contributed by atoms with Crippen molar-refractivity contribution in [3.05, 3.63) is 64.8 Å². The van der Waals surface area contributed by atoms with Crippen LogP contribution in [-0.4, -0.2) is 60.3 Å². The minimum atomic E-state index is -0.515. The largest absolute Gasteiger partial charge is 0.487 e. The van der Waals surface area contributed by atoms with E-state index in [0.29, 0.717) is 28.6 Å². The van der Waals surface area contributed by atoms with Crippen LogP contribution >= 0.6 is 24.0 Å². The van der Waals surface area contributed by atoms with Crippen LogP contribution in [0.3, 0.4) is 0 Å². The van der Waals surface area contributed by atoms with Crippen LogP contribution in [0.4, 0.5) is 0 Å². The first-order chi connectivity index (χ1) is 14.8. The third-order valence-corrected chi connectivity index (χ3v) is 5.54. The number of fused-ring (bicyclic) bond motifs is 1. The number of aromatic nitrogens is 1. The van der Waals surface area contributed by atoms with Gasteiger partial charge in [0.05, 0.1) is 11.3 Å². The Kier molecular flexibility index (Phi) is 9.13. The van der Waals surface area contributed by atoms with E-state index >= 15 is 0 Å². The monoisotopic (exact) mass is 477 g/mol. The van der Waals surface area contributed by atoms with E-state index in [9.17, 15) is 9.59 Å². The Morgan fingerprint density at radius 1 is 1.00 bits per heavy atom. The average molecular weight is 478 g/mol. The zero-order chi connectivity index (χ0) is 22.5. The van der Waals surface area contributed by atoms with E-state index in [1.165, 1.54) is 4.90 Å². The van der Waals surface area contributed by atoms with Gasteiger partial charge in [-0.25, -0.2) is 0 Å². The first-order valence-corrected chi connectivity index (χ1v) is 10.6. The van der Waals surface area contributed by atoms with Crippen molar-refractivity contribution < 1.29 is 14.3 Å². The Hall–Kier alpha value is -2.54. The van der Waals surface area contributed by atoms with E-state index in [1.807, 2.05) is 50.0 Å². The van der Waals surface area contributed by atoms with Crippen LogP contribution in [0.25, 0.3) is 10.9 Å². The van der Waals surface area contributed by atoms with Gasteiger partial charge >= 0.3 is 0 Å². The minimum absolute atomic E-state index is 0. The highest BCUT2D eigenvalue weighted by molar-refractivity contribution is 6.45. The van der Waals surface area contributed by atoms with Crippen LogP contribution < -0.4 is 4.74 Å². The molecule has 0 saturated heterocycles. The van der Waals surface area contributed by atoms with Crippen molar-refractivity contribution in [2.24, 2.45) is 7.05 Å². The number of carbonyl (C=O) groups is 2. The summed E-state index contributed by atoms with van der Waals surface area (Å²) in [5, 5.41) is 1.37. The van der Waals surface area contributed by atoms with Gasteiger partial charge in [-0.2, -0.15) is 0 Å². The summed E-state index contributed by atoms with van der Waals surface area (Å²) < 4.78 is 7.83. The fourth-order valence-electron chi connectivity index (χ4n) is 3.56. The standard InChI is InChI=1S/C24H28ClN3O3.ClH/c1-26(2)14-7-15-27(3)24(30)23(29)22-19-8-5-6-9-20(19)28(4)21(22)16-31-18-12-10-17(25)11-13-18;/h5-6,8-13H,7,14-16H2,1-4H3;1H. The molecule has 0 N–H and O–H groups in total. The highest BCUT2D eigenvalue weighted by Gasteiger charge is 2.28. The van der Waals surface area contributed by atoms with Crippen molar-refractivity contribution in [2.45, 2.75) is 13.0 Å². The van der Waals surface area contributed by atoms with Gasteiger partial charge in [-0.1, -0.05) is 29.8 Å². The molecule has 0 aliphatic rings. The van der Waals surface area contributed by atoms with Crippen molar-refractivity contribution >= 4 is 46.6 Å². The van der Waals surface area contributed by atoms with Gasteiger partial charge in [0.25, 0.3) is 11.7 Å². The number of nitrogens with zero attached hydrogens (tertiary/aromatic N) is 3. The molecule has 3 aromatic rings. The lowest BCUT2D eigenvalue weighted by Crippen LogP contribution is -2.35. The van der Waals surface area contributed by atoms with Crippen LogP contribution in [0, 0.1) is 0 Å². The maximum atomic E-state index is 13.3. The predicted octanol–water partition coefficient (Wildman–Crippen LogP) is 4.43. The van der Waals surface area contributed by atoms with Crippen LogP contribution in [0.1, 0.15) is 22.5 Å². The van der Waals surface area contributed by atoms with E-state index < -0.39 is 11.7 Å². The lowest BCUT2D eigenvalue weighted by molar-refractivity contribution is -0.125. The maximum absolute atomic E-state index is 13.3. The number of rotatable bonds is 9. The minimum Gasteiger partial charge on any atom is -0.487 e. The third-order valence-electron chi connectivity index (χ3n) is 5.28. The summed E-state index contributed by atoms with van der Waals surface area (Å²) in [4.78, 5) is 29.8. The fourth-order valence-corrected chi connectivity index (χ4v) is 3.68. The van der Waals surface area contributed by atoms with Gasteiger partial charge in [0, 0.05) is 36.6 Å². The molecule has 6 nitrogen and oxygen atoms in total. The lowest BCUT2D eigenvalue weighted by atomic mass is 10.1. The van der Waals surface area contributed by atoms with Crippen molar-refractivity contribution in [3.8, 4) is 5.75 Å². The zero-order valence-electron chi connectivity index (χ0n) is 18.8. The predicted molar refractivity (Wildman–Crippen MR) is 131 cm³/mol. The van der Waals surface area contributed by atoms with Gasteiger partial charge in [-0.3, -0.25) is 9.59 Å². The molecule has 0 spiro atoms. The fraction of sp³-hybridized carbons (Fsp3) is 0.333. The summed E-state index contributed by atoms with van der Waals surface area (Å²) in [5.41, 5.74) is 1.94. The first kappa shape index (κ1) is 25.7. The van der Waals surface area contributed by atoms with Crippen molar-refractivity contribution in [3.63, 3.8) is 0 Å². The Labute approximate surface area is 200 Å². The number of ether oxygens (including phenoxy) is 1. The Morgan fingerprint density at radius 3 is 2.31 bits per heavy atom. The molecule has 3 rings (SSSR count). The molecule has 8 heteroatoms. The van der Waals surface area contributed by atoms with Crippen LogP contribution in [0.2, 0.25) is 5.02 Å². The van der Waals surface area contributed by atoms with Gasteiger partial charge in [0.2, 0.25) is 0 Å². The van der Waals surface area contributed by atoms with Crippen LogP contribution in [0.5, 0.6) is 5.75 Å². The highest BCUT2D eigenvalue weighted by Crippen LogP contribution is 2.28. The number of Topliss-reactive ketones (excluding diaryl/α,β-unsaturated/α-hetero) is 1. The van der Waals surface area contributed by atoms with Crippen molar-refractivity contribution in [2.75, 3.05) is 34.2 Å². The number of likely N-dealkylation sites (N-methyl/N-ethyl adjacent to an activating group) is 1. The molecular weight excluding hydrogens is 449 g/mol. The molecule has 0 unspecified atom stereocenters. The number of carbonyl (C=O) groups excluding carboxylic acids is 2. The quantitative estimate of drug-likeness (QED) is 0.338. The van der Waals surface area contributed by atoms with E-state index in [0.717, 1.165) is 23.9 Å². The molecule has 0 radical (unpaired) electrons. The second-order valence-corrected chi connectivity index (χ2v) is 8.29. The highest BCUT2D eigenvalue weighted by atomic mass is 35.5. The Morgan fingerprint density at radius 2 is 1.66 bits per heavy atom. The summed E-state index contributed by atoms with van der Waals surface area (Å²) in [6.45, 7) is 1.52. The number of hydrogen-bond donors (Lipinski definition) is 0. The number of ketones is 1. The molecule has 0 saturated carbocycles. The second kappa shape index (κ2) is 11.4. The zero-order valence-corrected chi connectivity index (χ0v) is 20.4. The van der Waals surface area contributed by atoms with E-state index in [2.05, 4.69) is 4.90 Å². The normalized spacial score (nSPS) is 10.8. The number of para-hydroxylation sites is 1. The summed E-state index contributed by atoms with van der Waals surface area (Å²) in [5.74, 6) is -0.387. The Balaban J connectivity index is 0.00000363. The SMILES string of the molecule is CN(C)CCCN(C)C(=O)C(=O)c1c(COc2ccc(Cl)cc2)n(C)c2ccccc12.Cl. The molecular formula is C24H29Cl2N3O3.